The zero-order valence-corrected chi connectivity index (χ0v) is 22.2. The lowest BCUT2D eigenvalue weighted by molar-refractivity contribution is 1.18. The van der Waals surface area contributed by atoms with Crippen LogP contribution in [0, 0.1) is 0 Å². The molecule has 0 N–H and O–H groups in total. The lowest BCUT2D eigenvalue weighted by atomic mass is 10.1. The SMILES string of the molecule is c1ccc(-c2ccc(-c3cccc(-n4c5ccccc5c5ccc(-c6nc7ccccc7s6)cc54)c3)nc2)nc1. The van der Waals surface area contributed by atoms with Gasteiger partial charge in [-0.1, -0.05) is 60.7 Å². The second-order valence-corrected chi connectivity index (χ2v) is 10.8. The number of hydrogen-bond donors (Lipinski definition) is 0. The van der Waals surface area contributed by atoms with Crippen molar-refractivity contribution in [3.8, 4) is 38.8 Å². The van der Waals surface area contributed by atoms with E-state index in [4.69, 9.17) is 9.97 Å². The van der Waals surface area contributed by atoms with Crippen LogP contribution in [0.5, 0.6) is 0 Å². The normalized spacial score (nSPS) is 11.5. The van der Waals surface area contributed by atoms with Gasteiger partial charge < -0.3 is 4.57 Å². The molecule has 0 radical (unpaired) electrons. The minimum absolute atomic E-state index is 0.921. The molecule has 4 nitrogen and oxygen atoms in total. The zero-order valence-electron chi connectivity index (χ0n) is 21.4. The summed E-state index contributed by atoms with van der Waals surface area (Å²) in [6.45, 7) is 0. The molecule has 0 fully saturated rings. The van der Waals surface area contributed by atoms with Gasteiger partial charge in [0.15, 0.2) is 0 Å². The molecular formula is C35H22N4S. The van der Waals surface area contributed by atoms with E-state index in [-0.39, 0.29) is 0 Å². The second-order valence-electron chi connectivity index (χ2n) is 9.77. The quantitative estimate of drug-likeness (QED) is 0.228. The number of fused-ring (bicyclic) bond motifs is 4. The summed E-state index contributed by atoms with van der Waals surface area (Å²) in [5, 5.41) is 3.49. The van der Waals surface area contributed by atoms with Crippen LogP contribution in [0.15, 0.2) is 134 Å². The van der Waals surface area contributed by atoms with Crippen LogP contribution in [0.2, 0.25) is 0 Å². The van der Waals surface area contributed by atoms with E-state index < -0.39 is 0 Å². The standard InChI is InChI=1S/C35H22N4S/c1-3-13-32-27(10-1)28-17-15-24(35-38-31-12-2-4-14-34(31)40-35)21-33(28)39(32)26-9-7-8-23(20-26)30-18-16-25(22-37-30)29-11-5-6-19-36-29/h1-22H. The first-order chi connectivity index (χ1) is 19.8. The Morgan fingerprint density at radius 1 is 0.550 bits per heavy atom. The lowest BCUT2D eigenvalue weighted by Gasteiger charge is -2.11. The highest BCUT2D eigenvalue weighted by Crippen LogP contribution is 2.37. The topological polar surface area (TPSA) is 43.6 Å². The maximum absolute atomic E-state index is 4.93. The Balaban J connectivity index is 1.27. The second kappa shape index (κ2) is 9.26. The molecule has 5 heteroatoms. The van der Waals surface area contributed by atoms with Crippen molar-refractivity contribution >= 4 is 43.4 Å². The van der Waals surface area contributed by atoms with E-state index in [0.29, 0.717) is 0 Å². The molecule has 0 amide bonds. The molecule has 4 heterocycles. The van der Waals surface area contributed by atoms with E-state index in [1.807, 2.05) is 30.5 Å². The average molecular weight is 531 g/mol. The first-order valence-electron chi connectivity index (χ1n) is 13.2. The first-order valence-corrected chi connectivity index (χ1v) is 14.0. The largest absolute Gasteiger partial charge is 0.309 e. The molecule has 40 heavy (non-hydrogen) atoms. The van der Waals surface area contributed by atoms with Crippen molar-refractivity contribution in [3.05, 3.63) is 134 Å². The Morgan fingerprint density at radius 2 is 1.38 bits per heavy atom. The van der Waals surface area contributed by atoms with E-state index >= 15 is 0 Å². The van der Waals surface area contributed by atoms with Gasteiger partial charge in [-0.3, -0.25) is 9.97 Å². The van der Waals surface area contributed by atoms with Gasteiger partial charge in [-0.05, 0) is 60.7 Å². The summed E-state index contributed by atoms with van der Waals surface area (Å²) in [7, 11) is 0. The van der Waals surface area contributed by atoms with Crippen LogP contribution in [0.3, 0.4) is 0 Å². The van der Waals surface area contributed by atoms with Crippen molar-refractivity contribution in [1.29, 1.82) is 0 Å². The van der Waals surface area contributed by atoms with E-state index in [0.717, 1.165) is 49.8 Å². The third-order valence-corrected chi connectivity index (χ3v) is 8.42. The Hall–Kier alpha value is -5.13. The number of rotatable bonds is 4. The van der Waals surface area contributed by atoms with Crippen molar-refractivity contribution in [2.45, 2.75) is 0 Å². The molecule has 0 aliphatic rings. The molecule has 0 spiro atoms. The molecule has 0 saturated heterocycles. The van der Waals surface area contributed by atoms with Gasteiger partial charge in [0, 0.05) is 45.5 Å². The van der Waals surface area contributed by atoms with E-state index in [9.17, 15) is 0 Å². The van der Waals surface area contributed by atoms with Gasteiger partial charge in [0.1, 0.15) is 5.01 Å². The predicted molar refractivity (Wildman–Crippen MR) is 166 cm³/mol. The van der Waals surface area contributed by atoms with Crippen molar-refractivity contribution in [3.63, 3.8) is 0 Å². The molecule has 0 bridgehead atoms. The summed E-state index contributed by atoms with van der Waals surface area (Å²) in [6, 6.07) is 42.3. The summed E-state index contributed by atoms with van der Waals surface area (Å²) in [4.78, 5) is 14.2. The fourth-order valence-electron chi connectivity index (χ4n) is 5.43. The highest BCUT2D eigenvalue weighted by atomic mass is 32.1. The maximum Gasteiger partial charge on any atom is 0.124 e. The predicted octanol–water partition coefficient (Wildman–Crippen LogP) is 9.18. The minimum Gasteiger partial charge on any atom is -0.309 e. The Labute approximate surface area is 234 Å². The summed E-state index contributed by atoms with van der Waals surface area (Å²) in [5.41, 5.74) is 9.52. The molecule has 0 saturated carbocycles. The van der Waals surface area contributed by atoms with Crippen LogP contribution < -0.4 is 0 Å². The Morgan fingerprint density at radius 3 is 2.25 bits per heavy atom. The molecule has 188 valence electrons. The molecule has 8 rings (SSSR count). The number of benzene rings is 4. The number of thiazole rings is 1. The Bertz CT molecular complexity index is 2130. The zero-order chi connectivity index (χ0) is 26.5. The van der Waals surface area contributed by atoms with Crippen LogP contribution >= 0.6 is 11.3 Å². The summed E-state index contributed by atoms with van der Waals surface area (Å²) >= 11 is 1.73. The highest BCUT2D eigenvalue weighted by molar-refractivity contribution is 7.21. The van der Waals surface area contributed by atoms with Crippen molar-refractivity contribution in [1.82, 2.24) is 19.5 Å². The third kappa shape index (κ3) is 3.79. The van der Waals surface area contributed by atoms with Crippen LogP contribution in [0.25, 0.3) is 70.8 Å². The Kier molecular flexibility index (Phi) is 5.28. The number of pyridine rings is 2. The van der Waals surface area contributed by atoms with Gasteiger partial charge in [0.2, 0.25) is 0 Å². The minimum atomic E-state index is 0.921. The number of para-hydroxylation sites is 2. The van der Waals surface area contributed by atoms with Gasteiger partial charge in [0.25, 0.3) is 0 Å². The number of nitrogens with zero attached hydrogens (tertiary/aromatic N) is 4. The average Bonchev–Trinajstić information content (AvgIpc) is 3.61. The van der Waals surface area contributed by atoms with E-state index in [1.54, 1.807) is 17.5 Å². The number of hydrogen-bond acceptors (Lipinski definition) is 4. The lowest BCUT2D eigenvalue weighted by Crippen LogP contribution is -1.95. The van der Waals surface area contributed by atoms with Gasteiger partial charge >= 0.3 is 0 Å². The fourth-order valence-corrected chi connectivity index (χ4v) is 6.39. The van der Waals surface area contributed by atoms with E-state index in [2.05, 4.69) is 107 Å². The molecule has 0 atom stereocenters. The van der Waals surface area contributed by atoms with Crippen LogP contribution in [-0.2, 0) is 0 Å². The highest BCUT2D eigenvalue weighted by Gasteiger charge is 2.15. The third-order valence-electron chi connectivity index (χ3n) is 7.34. The molecule has 0 unspecified atom stereocenters. The monoisotopic (exact) mass is 530 g/mol. The maximum atomic E-state index is 4.93. The van der Waals surface area contributed by atoms with Crippen LogP contribution in [0.4, 0.5) is 0 Å². The van der Waals surface area contributed by atoms with Gasteiger partial charge in [-0.15, -0.1) is 11.3 Å². The smallest absolute Gasteiger partial charge is 0.124 e. The van der Waals surface area contributed by atoms with Crippen LogP contribution in [0.1, 0.15) is 0 Å². The number of aromatic nitrogens is 4. The fraction of sp³-hybridized carbons (Fsp3) is 0. The van der Waals surface area contributed by atoms with Crippen molar-refractivity contribution in [2.24, 2.45) is 0 Å². The molecule has 4 aromatic heterocycles. The summed E-state index contributed by atoms with van der Waals surface area (Å²) in [6.07, 6.45) is 3.70. The van der Waals surface area contributed by atoms with Gasteiger partial charge in [-0.25, -0.2) is 4.98 Å². The molecule has 4 aromatic carbocycles. The van der Waals surface area contributed by atoms with Gasteiger partial charge in [0.05, 0.1) is 32.6 Å². The molecule has 0 aliphatic heterocycles. The van der Waals surface area contributed by atoms with E-state index in [1.165, 1.54) is 21.0 Å². The van der Waals surface area contributed by atoms with Crippen molar-refractivity contribution in [2.75, 3.05) is 0 Å². The van der Waals surface area contributed by atoms with Gasteiger partial charge in [-0.2, -0.15) is 0 Å². The molecular weight excluding hydrogens is 508 g/mol. The molecule has 8 aromatic rings. The summed E-state index contributed by atoms with van der Waals surface area (Å²) < 4.78 is 3.56. The summed E-state index contributed by atoms with van der Waals surface area (Å²) in [5.74, 6) is 0. The first kappa shape index (κ1) is 22.8. The van der Waals surface area contributed by atoms with Crippen molar-refractivity contribution < 1.29 is 0 Å². The molecule has 0 aliphatic carbocycles. The van der Waals surface area contributed by atoms with Crippen LogP contribution in [-0.4, -0.2) is 19.5 Å².